The number of thiophene rings is 1. The number of benzene rings is 3. The molecule has 0 aliphatic carbocycles. The Labute approximate surface area is 794 Å². The highest BCUT2D eigenvalue weighted by Crippen LogP contribution is 2.32. The molecule has 136 heavy (non-hydrogen) atoms. The number of nitrogens with one attached hydrogen (secondary N) is 14. The molecule has 23 N–H and O–H groups in total. The predicted molar refractivity (Wildman–Crippen MR) is 503 cm³/mol. The number of hydrogen-bond acceptors (Lipinski definition) is 25. The Morgan fingerprint density at radius 1 is 0.588 bits per heavy atom. The third-order valence-corrected chi connectivity index (χ3v) is 26.4. The van der Waals surface area contributed by atoms with E-state index in [2.05, 4.69) is 73.4 Å². The summed E-state index contributed by atoms with van der Waals surface area (Å²) in [5.74, 6) is -17.5. The van der Waals surface area contributed by atoms with Crippen molar-refractivity contribution in [1.82, 2.24) is 97.9 Å². The number of aldehydes is 1. The zero-order valence-corrected chi connectivity index (χ0v) is 78.9. The van der Waals surface area contributed by atoms with Crippen LogP contribution < -0.4 is 75.7 Å². The van der Waals surface area contributed by atoms with Crippen molar-refractivity contribution in [3.8, 4) is 5.75 Å². The minimum atomic E-state index is -2.05. The molecule has 738 valence electrons. The number of H-pyrrole nitrogens is 2. The number of nitrogens with zero attached hydrogens (tertiary/aromatic N) is 6. The summed E-state index contributed by atoms with van der Waals surface area (Å²) in [5, 5.41) is 73.2. The van der Waals surface area contributed by atoms with Crippen LogP contribution in [-0.4, -0.2) is 318 Å². The van der Waals surface area contributed by atoms with Gasteiger partial charge in [-0.15, -0.1) is 23.1 Å². The van der Waals surface area contributed by atoms with Crippen LogP contribution in [0.25, 0.3) is 21.0 Å². The topological polar surface area (TPSA) is 646 Å². The van der Waals surface area contributed by atoms with E-state index in [1.165, 1.54) is 67.1 Å². The Balaban J connectivity index is 1.12. The number of aromatic hydroxyl groups is 1. The maximum atomic E-state index is 15.8. The maximum absolute atomic E-state index is 15.8. The predicted octanol–water partition coefficient (Wildman–Crippen LogP) is -2.19. The summed E-state index contributed by atoms with van der Waals surface area (Å²) in [7, 11) is 3.81. The van der Waals surface area contributed by atoms with Crippen LogP contribution in [-0.2, 0) is 107 Å². The van der Waals surface area contributed by atoms with E-state index in [0.717, 1.165) is 43.1 Å². The smallest absolute Gasteiger partial charge is 0.246 e. The van der Waals surface area contributed by atoms with Crippen molar-refractivity contribution in [2.24, 2.45) is 23.1 Å². The lowest BCUT2D eigenvalue weighted by Crippen LogP contribution is -2.67. The van der Waals surface area contributed by atoms with Crippen molar-refractivity contribution < 1.29 is 96.8 Å². The molecule has 45 heteroatoms. The Bertz CT molecular complexity index is 5230. The van der Waals surface area contributed by atoms with E-state index in [9.17, 15) is 63.3 Å². The van der Waals surface area contributed by atoms with Crippen LogP contribution in [0.2, 0.25) is 0 Å². The zero-order chi connectivity index (χ0) is 99.2. The highest BCUT2D eigenvalue weighted by Gasteiger charge is 2.50. The second-order valence-electron chi connectivity index (χ2n) is 34.8. The molecule has 0 radical (unpaired) electrons. The van der Waals surface area contributed by atoms with Gasteiger partial charge in [-0.2, -0.15) is 0 Å². The molecule has 14 atom stereocenters. The first-order chi connectivity index (χ1) is 64.9. The number of hydrogen-bond donors (Lipinski definition) is 20. The summed E-state index contributed by atoms with van der Waals surface area (Å²) < 4.78 is 0.817. The van der Waals surface area contributed by atoms with Gasteiger partial charge in [0.25, 0.3) is 0 Å². The first-order valence-corrected chi connectivity index (χ1v) is 47.5. The molecule has 3 aliphatic heterocycles. The molecule has 43 nitrogen and oxygen atoms in total. The minimum absolute atomic E-state index is 0.00225. The molecule has 16 amide bonds. The first-order valence-electron chi connectivity index (χ1n) is 45.5. The van der Waals surface area contributed by atoms with Crippen molar-refractivity contribution >= 4 is 151 Å². The van der Waals surface area contributed by atoms with E-state index in [4.69, 9.17) is 22.6 Å². The fourth-order valence-electron chi connectivity index (χ4n) is 17.0. The molecular formula is C91H127N23O20S2. The van der Waals surface area contributed by atoms with Crippen LogP contribution in [0.5, 0.6) is 5.75 Å². The van der Waals surface area contributed by atoms with Gasteiger partial charge < -0.3 is 120 Å². The molecule has 0 bridgehead atoms. The maximum Gasteiger partial charge on any atom is 0.246 e. The Kier molecular flexibility index (Phi) is 39.9. The number of amides is 16. The summed E-state index contributed by atoms with van der Waals surface area (Å²) in [6.45, 7) is 3.95. The van der Waals surface area contributed by atoms with E-state index in [-0.39, 0.29) is 115 Å². The monoisotopic (exact) mass is 1930 g/mol. The van der Waals surface area contributed by atoms with Crippen molar-refractivity contribution in [1.29, 1.82) is 5.41 Å². The average molecular weight is 1930 g/mol. The SMILES string of the molecule is CCCC[C@H]1C(=O)N(C)[C@@H](CCCC)C(=O)N[C@@H](CCCNC(=N)N)C(=O)NC(C(=O)NCC(N)=O)CSCC(=O)N[C@@H](Cc2ccc(O)cc2)C(=O)N(C)[C@@H](CO)C(=O)N[C@@H](CC(N)=O)C(=O)N2CCC[C@H]2C(=O)N[C@@H](Cc2cnc[nH]2)C(=O)N[C@@H](CC(C)C)C(=O)N2CCCC2(C=O)N[C@@H](Cc2c[nH]c3ccccc23)C(=O)N[C@@H](CO)C(=O)N[C@@H](Cc2csc3ccccc23)C(=O)N1C. The number of likely N-dealkylation sites (N-methyl/N-ethyl adjacent to an activating group) is 3. The van der Waals surface area contributed by atoms with Crippen LogP contribution in [0.4, 0.5) is 0 Å². The van der Waals surface area contributed by atoms with Gasteiger partial charge in [-0.05, 0) is 122 Å². The first kappa shape index (κ1) is 107. The highest BCUT2D eigenvalue weighted by molar-refractivity contribution is 8.00. The van der Waals surface area contributed by atoms with Crippen LogP contribution in [0.1, 0.15) is 140 Å². The fourth-order valence-corrected chi connectivity index (χ4v) is 18.8. The number of aromatic amines is 2. The van der Waals surface area contributed by atoms with Gasteiger partial charge in [0.15, 0.2) is 17.9 Å². The number of imidazole rings is 1. The molecule has 0 saturated carbocycles. The molecule has 6 heterocycles. The fraction of sp³-hybridized carbons (Fsp3) is 0.527. The summed E-state index contributed by atoms with van der Waals surface area (Å²) in [5.41, 5.74) is 17.2. The third-order valence-electron chi connectivity index (χ3n) is 24.3. The van der Waals surface area contributed by atoms with Crippen LogP contribution >= 0.6 is 23.1 Å². The molecule has 9 rings (SSSR count). The van der Waals surface area contributed by atoms with E-state index in [1.54, 1.807) is 55.8 Å². The zero-order valence-electron chi connectivity index (χ0n) is 77.3. The number of nitrogens with two attached hydrogens (primary N) is 3. The van der Waals surface area contributed by atoms with Gasteiger partial charge in [0.2, 0.25) is 94.5 Å². The molecule has 3 saturated heterocycles. The van der Waals surface area contributed by atoms with Crippen molar-refractivity contribution in [3.63, 3.8) is 0 Å². The van der Waals surface area contributed by atoms with Crippen molar-refractivity contribution in [3.05, 3.63) is 119 Å². The summed E-state index contributed by atoms with van der Waals surface area (Å²) in [4.78, 5) is 267. The number of fused-ring (bicyclic) bond motifs is 4. The number of aliphatic hydroxyl groups is 2. The molecular weight excluding hydrogens is 1800 g/mol. The number of phenols is 1. The summed E-state index contributed by atoms with van der Waals surface area (Å²) >= 11 is 2.09. The van der Waals surface area contributed by atoms with Gasteiger partial charge in [-0.3, -0.25) is 92.2 Å². The van der Waals surface area contributed by atoms with Crippen molar-refractivity contribution in [2.75, 3.05) is 72.0 Å². The second-order valence-corrected chi connectivity index (χ2v) is 36.7. The third kappa shape index (κ3) is 29.0. The number of primary amides is 2. The lowest BCUT2D eigenvalue weighted by Gasteiger charge is -2.39. The summed E-state index contributed by atoms with van der Waals surface area (Å²) in [6, 6.07) is -1.00. The van der Waals surface area contributed by atoms with Gasteiger partial charge in [0, 0.05) is 99.5 Å². The standard InChI is InChI=1S/C91H127N23O20S2/c1-8-10-23-69-82(127)102-60(22-16-32-97-90(94)95)78(123)108-68(77(122)99-43-75(93)120)47-135-48-76(121)101-64(36-52-27-29-56(118)30-28-52)85(130)112(7)72(45-116)84(129)106-66(40-74(92)119)87(132)113-33-17-25-70(113)83(128)103-61(39-55-42-96-50-100-55)79(124)104-63(35-51(3)4)88(133)114-34-18-31-91(114,49-117)109-62(37-53-41-98-59-21-14-12-19-57(53)59)80(125)107-67(44-115)81(126)105-65(38-54-46-136-73-26-15-13-20-58(54)73)86(131)111(6)71(24-11-9-2)89(134)110(69)5/h12-15,19-21,26-30,41-42,46,49-51,60-72,98,109,115-116,118H,8-11,16-18,22-25,31-40,43-45,47-48H2,1-7H3,(H2,92,119)(H2,93,120)(H,96,100)(H,99,122)(H,101,121)(H,102,127)(H,103,128)(H,104,124)(H,105,126)(H,106,129)(H,107,125)(H,108,123)(H4,94,95,97)/t60-,61-,62-,63-,64-,65-,66-,67-,68?,69-,70-,71-,72-,91?/m0/s1. The number of aromatic nitrogens is 3. The number of para-hydroxylation sites is 1. The molecule has 3 aromatic heterocycles. The number of thioether (sulfide) groups is 1. The van der Waals surface area contributed by atoms with Gasteiger partial charge in [0.05, 0.1) is 44.3 Å². The van der Waals surface area contributed by atoms with Crippen molar-refractivity contribution in [2.45, 2.75) is 227 Å². The number of aliphatic hydroxyl groups excluding tert-OH is 2. The highest BCUT2D eigenvalue weighted by atomic mass is 32.2. The Morgan fingerprint density at radius 2 is 1.19 bits per heavy atom. The molecule has 3 aromatic carbocycles. The lowest BCUT2D eigenvalue weighted by molar-refractivity contribution is -0.149. The van der Waals surface area contributed by atoms with Crippen LogP contribution in [0, 0.1) is 11.3 Å². The molecule has 3 fully saturated rings. The number of unbranched alkanes of at least 4 members (excludes halogenated alkanes) is 2. The lowest BCUT2D eigenvalue weighted by atomic mass is 9.98. The molecule has 2 unspecified atom stereocenters. The molecule has 6 aromatic rings. The van der Waals surface area contributed by atoms with Gasteiger partial charge in [0.1, 0.15) is 78.3 Å². The number of carbonyl (C=O) groups excluding carboxylic acids is 17. The van der Waals surface area contributed by atoms with Crippen LogP contribution in [0.15, 0.2) is 96.9 Å². The van der Waals surface area contributed by atoms with Crippen LogP contribution in [0.3, 0.4) is 0 Å². The Hall–Kier alpha value is -13.1. The van der Waals surface area contributed by atoms with Gasteiger partial charge >= 0.3 is 0 Å². The number of rotatable bonds is 28. The second kappa shape index (κ2) is 51.0. The van der Waals surface area contributed by atoms with Gasteiger partial charge in [-0.25, -0.2) is 4.98 Å². The van der Waals surface area contributed by atoms with Gasteiger partial charge in [-0.1, -0.05) is 102 Å². The number of guanidine groups is 1. The summed E-state index contributed by atoms with van der Waals surface area (Å²) in [6.07, 6.45) is 4.28. The molecule has 0 spiro atoms. The quantitative estimate of drug-likeness (QED) is 0.0107. The minimum Gasteiger partial charge on any atom is -0.508 e. The normalized spacial score (nSPS) is 24.6. The van der Waals surface area contributed by atoms with E-state index >= 15 is 33.6 Å². The average Bonchev–Trinajstić information content (AvgIpc) is 1.59. The Morgan fingerprint density at radius 3 is 1.85 bits per heavy atom. The van der Waals surface area contributed by atoms with E-state index in [0.29, 0.717) is 70.6 Å². The van der Waals surface area contributed by atoms with E-state index < -0.39 is 222 Å². The molecule has 3 aliphatic rings. The van der Waals surface area contributed by atoms with E-state index in [1.807, 2.05) is 32.0 Å². The number of carbonyl (C=O) groups is 17. The largest absolute Gasteiger partial charge is 0.508 e. The number of phenolic OH excluding ortho intramolecular Hbond substituents is 1.